The fourth-order valence-corrected chi connectivity index (χ4v) is 3.78. The van der Waals surface area contributed by atoms with E-state index in [0.29, 0.717) is 28.7 Å². The van der Waals surface area contributed by atoms with Crippen molar-refractivity contribution in [2.45, 2.75) is 32.9 Å². The Bertz CT molecular complexity index is 934. The molecule has 4 rings (SSSR count). The average Bonchev–Trinajstić information content (AvgIpc) is 3.28. The molecule has 3 N–H and O–H groups in total. The van der Waals surface area contributed by atoms with Gasteiger partial charge >= 0.3 is 0 Å². The van der Waals surface area contributed by atoms with Crippen LogP contribution in [0.5, 0.6) is 0 Å². The molecule has 10 heteroatoms. The summed E-state index contributed by atoms with van der Waals surface area (Å²) in [6, 6.07) is 0.318. The number of nitrogens with one attached hydrogen (secondary N) is 3. The first-order chi connectivity index (χ1) is 13.1. The molecule has 1 aliphatic rings. The van der Waals surface area contributed by atoms with Crippen molar-refractivity contribution in [1.29, 1.82) is 0 Å². The number of aromatic nitrogens is 6. The van der Waals surface area contributed by atoms with Gasteiger partial charge in [0.05, 0.1) is 11.9 Å². The fourth-order valence-electron chi connectivity index (χ4n) is 3.57. The second kappa shape index (κ2) is 7.32. The second-order valence-corrected chi connectivity index (χ2v) is 7.32. The Hall–Kier alpha value is -2.39. The second-order valence-electron chi connectivity index (χ2n) is 6.97. The van der Waals surface area contributed by atoms with Crippen LogP contribution < -0.4 is 15.5 Å². The largest absolute Gasteiger partial charge is 0.354 e. The van der Waals surface area contributed by atoms with Crippen molar-refractivity contribution in [2.75, 3.05) is 30.4 Å². The molecule has 1 fully saturated rings. The third-order valence-electron chi connectivity index (χ3n) is 5.19. The molecule has 0 aromatic carbocycles. The molecule has 1 aliphatic heterocycles. The number of aryl methyl sites for hydroxylation is 1. The summed E-state index contributed by atoms with van der Waals surface area (Å²) in [6.07, 6.45) is 4.81. The number of anilines is 3. The van der Waals surface area contributed by atoms with Crippen LogP contribution in [0, 0.1) is 5.92 Å². The van der Waals surface area contributed by atoms with Gasteiger partial charge in [0.2, 0.25) is 5.95 Å². The van der Waals surface area contributed by atoms with Crippen molar-refractivity contribution in [3.8, 4) is 0 Å². The Balaban J connectivity index is 1.72. The Morgan fingerprint density at radius 3 is 3.00 bits per heavy atom. The van der Waals surface area contributed by atoms with E-state index in [-0.39, 0.29) is 0 Å². The summed E-state index contributed by atoms with van der Waals surface area (Å²) in [5.41, 5.74) is 1.45. The summed E-state index contributed by atoms with van der Waals surface area (Å²) >= 11 is 6.33. The molecule has 3 aromatic heterocycles. The Kier molecular flexibility index (Phi) is 4.88. The molecule has 144 valence electrons. The van der Waals surface area contributed by atoms with E-state index in [9.17, 15) is 0 Å². The minimum Gasteiger partial charge on any atom is -0.354 e. The lowest BCUT2D eigenvalue weighted by Crippen LogP contribution is -2.49. The summed E-state index contributed by atoms with van der Waals surface area (Å²) in [7, 11) is 2.05. The molecular weight excluding hydrogens is 366 g/mol. The highest BCUT2D eigenvalue weighted by atomic mass is 35.5. The third kappa shape index (κ3) is 3.44. The van der Waals surface area contributed by atoms with Gasteiger partial charge in [0, 0.05) is 32.4 Å². The van der Waals surface area contributed by atoms with Crippen molar-refractivity contribution in [3.63, 3.8) is 0 Å². The maximum absolute atomic E-state index is 6.33. The van der Waals surface area contributed by atoms with E-state index in [1.165, 1.54) is 0 Å². The van der Waals surface area contributed by atoms with E-state index in [2.05, 4.69) is 49.8 Å². The smallest absolute Gasteiger partial charge is 0.231 e. The van der Waals surface area contributed by atoms with E-state index in [1.807, 2.05) is 17.8 Å². The first-order valence-corrected chi connectivity index (χ1v) is 9.59. The SMILES string of the molecule is CCn1cc(Nc2nc(N(C)[C@H]3CNCC[C@H]3C)c3c(Cl)n[nH]c3n2)cn1. The molecule has 1 saturated heterocycles. The minimum atomic E-state index is 0.318. The van der Waals surface area contributed by atoms with Crippen LogP contribution in [-0.2, 0) is 6.54 Å². The molecule has 2 atom stereocenters. The first kappa shape index (κ1) is 18.0. The van der Waals surface area contributed by atoms with Gasteiger partial charge in [-0.2, -0.15) is 20.2 Å². The van der Waals surface area contributed by atoms with Gasteiger partial charge in [0.25, 0.3) is 0 Å². The van der Waals surface area contributed by atoms with Crippen LogP contribution in [0.1, 0.15) is 20.3 Å². The lowest BCUT2D eigenvalue weighted by atomic mass is 9.93. The number of nitrogens with zero attached hydrogens (tertiary/aromatic N) is 6. The van der Waals surface area contributed by atoms with E-state index in [0.717, 1.165) is 42.9 Å². The van der Waals surface area contributed by atoms with E-state index in [1.54, 1.807) is 6.20 Å². The maximum atomic E-state index is 6.33. The molecule has 0 saturated carbocycles. The molecule has 0 unspecified atom stereocenters. The highest BCUT2D eigenvalue weighted by Crippen LogP contribution is 2.32. The highest BCUT2D eigenvalue weighted by molar-refractivity contribution is 6.35. The van der Waals surface area contributed by atoms with Crippen molar-refractivity contribution in [1.82, 2.24) is 35.3 Å². The monoisotopic (exact) mass is 389 g/mol. The molecule has 9 nitrogen and oxygen atoms in total. The summed E-state index contributed by atoms with van der Waals surface area (Å²) in [5.74, 6) is 1.80. The van der Waals surface area contributed by atoms with Crippen molar-refractivity contribution < 1.29 is 0 Å². The summed E-state index contributed by atoms with van der Waals surface area (Å²) in [4.78, 5) is 11.5. The maximum Gasteiger partial charge on any atom is 0.231 e. The number of fused-ring (bicyclic) bond motifs is 1. The van der Waals surface area contributed by atoms with Gasteiger partial charge in [0.1, 0.15) is 11.2 Å². The molecule has 0 bridgehead atoms. The lowest BCUT2D eigenvalue weighted by Gasteiger charge is -2.37. The molecule has 27 heavy (non-hydrogen) atoms. The zero-order chi connectivity index (χ0) is 19.0. The van der Waals surface area contributed by atoms with Gasteiger partial charge in [0.15, 0.2) is 10.8 Å². The highest BCUT2D eigenvalue weighted by Gasteiger charge is 2.28. The Morgan fingerprint density at radius 2 is 2.26 bits per heavy atom. The number of hydrogen-bond acceptors (Lipinski definition) is 7. The molecule has 0 aliphatic carbocycles. The standard InChI is InChI=1S/C17H24ClN9/c1-4-27-9-11(7-20-27)21-17-22-15-13(14(18)24-25-15)16(23-17)26(3)12-8-19-6-5-10(12)2/h7,9-10,12,19H,4-6,8H2,1-3H3,(H2,21,22,23,24,25)/t10-,12+/m1/s1. The first-order valence-electron chi connectivity index (χ1n) is 9.21. The van der Waals surface area contributed by atoms with Gasteiger partial charge < -0.3 is 15.5 Å². The quantitative estimate of drug-likeness (QED) is 0.616. The van der Waals surface area contributed by atoms with Gasteiger partial charge in [-0.3, -0.25) is 9.78 Å². The van der Waals surface area contributed by atoms with Crippen LogP contribution in [0.15, 0.2) is 12.4 Å². The van der Waals surface area contributed by atoms with E-state index >= 15 is 0 Å². The van der Waals surface area contributed by atoms with Gasteiger partial charge in [-0.25, -0.2) is 0 Å². The van der Waals surface area contributed by atoms with Crippen molar-refractivity contribution in [2.24, 2.45) is 5.92 Å². The number of halogens is 1. The van der Waals surface area contributed by atoms with E-state index in [4.69, 9.17) is 16.6 Å². The molecule has 4 heterocycles. The van der Waals surface area contributed by atoms with Crippen molar-refractivity contribution in [3.05, 3.63) is 17.5 Å². The summed E-state index contributed by atoms with van der Waals surface area (Å²) in [5, 5.41) is 19.1. The third-order valence-corrected chi connectivity index (χ3v) is 5.46. The van der Waals surface area contributed by atoms with Gasteiger partial charge in [-0.1, -0.05) is 18.5 Å². The Labute approximate surface area is 162 Å². The molecule has 3 aromatic rings. The predicted octanol–water partition coefficient (Wildman–Crippen LogP) is 2.40. The molecule has 0 spiro atoms. The topological polar surface area (TPSA) is 99.6 Å². The zero-order valence-corrected chi connectivity index (χ0v) is 16.5. The normalized spacial score (nSPS) is 20.1. The zero-order valence-electron chi connectivity index (χ0n) is 15.7. The van der Waals surface area contributed by atoms with Crippen molar-refractivity contribution >= 4 is 40.1 Å². The summed E-state index contributed by atoms with van der Waals surface area (Å²) < 4.78 is 1.84. The molecule has 0 radical (unpaired) electrons. The summed E-state index contributed by atoms with van der Waals surface area (Å²) in [6.45, 7) is 7.07. The number of likely N-dealkylation sites (N-methyl/N-ethyl adjacent to an activating group) is 1. The van der Waals surface area contributed by atoms with E-state index < -0.39 is 0 Å². The van der Waals surface area contributed by atoms with Crippen LogP contribution >= 0.6 is 11.6 Å². The van der Waals surface area contributed by atoms with Crippen LogP contribution in [0.4, 0.5) is 17.5 Å². The average molecular weight is 390 g/mol. The fraction of sp³-hybridized carbons (Fsp3) is 0.529. The number of piperidine rings is 1. The predicted molar refractivity (Wildman–Crippen MR) is 107 cm³/mol. The van der Waals surface area contributed by atoms with Crippen LogP contribution in [0.2, 0.25) is 5.15 Å². The van der Waals surface area contributed by atoms with Crippen LogP contribution in [0.3, 0.4) is 0 Å². The molecule has 0 amide bonds. The van der Waals surface area contributed by atoms with Crippen LogP contribution in [-0.4, -0.2) is 56.1 Å². The number of H-pyrrole nitrogens is 1. The molecular formula is C17H24ClN9. The van der Waals surface area contributed by atoms with Gasteiger partial charge in [-0.05, 0) is 25.8 Å². The number of rotatable bonds is 5. The minimum absolute atomic E-state index is 0.318. The van der Waals surface area contributed by atoms with Gasteiger partial charge in [-0.15, -0.1) is 0 Å². The van der Waals surface area contributed by atoms with Crippen LogP contribution in [0.25, 0.3) is 11.0 Å². The lowest BCUT2D eigenvalue weighted by molar-refractivity contribution is 0.338. The number of hydrogen-bond donors (Lipinski definition) is 3. The Morgan fingerprint density at radius 1 is 1.41 bits per heavy atom. The number of aromatic amines is 1.